The van der Waals surface area contributed by atoms with Gasteiger partial charge in [0.2, 0.25) is 0 Å². The lowest BCUT2D eigenvalue weighted by atomic mass is 10.0. The van der Waals surface area contributed by atoms with Gasteiger partial charge in [0.1, 0.15) is 0 Å². The first-order valence-corrected chi connectivity index (χ1v) is 10.6. The Labute approximate surface area is 166 Å². The van der Waals surface area contributed by atoms with E-state index in [0.29, 0.717) is 0 Å². The Morgan fingerprint density at radius 1 is 0.786 bits per heavy atom. The van der Waals surface area contributed by atoms with E-state index in [9.17, 15) is 8.42 Å². The maximum Gasteiger partial charge on any atom is 0.260 e. The van der Waals surface area contributed by atoms with E-state index in [1.165, 1.54) is 4.41 Å². The van der Waals surface area contributed by atoms with Crippen LogP contribution in [-0.4, -0.2) is 12.8 Å². The van der Waals surface area contributed by atoms with Gasteiger partial charge in [0.15, 0.2) is 0 Å². The van der Waals surface area contributed by atoms with Gasteiger partial charge in [-0.2, -0.15) is 0 Å². The summed E-state index contributed by atoms with van der Waals surface area (Å²) in [5.74, 6) is 0. The predicted molar refractivity (Wildman–Crippen MR) is 112 cm³/mol. The molecule has 0 fully saturated rings. The van der Waals surface area contributed by atoms with Crippen LogP contribution < -0.4 is 5.43 Å². The number of sulfonamides is 1. The molecule has 0 aromatic heterocycles. The van der Waals surface area contributed by atoms with E-state index in [4.69, 9.17) is 0 Å². The molecule has 1 N–H and O–H groups in total. The van der Waals surface area contributed by atoms with Crippen molar-refractivity contribution >= 4 is 15.7 Å². The van der Waals surface area contributed by atoms with Gasteiger partial charge in [-0.05, 0) is 43.2 Å². The Morgan fingerprint density at radius 3 is 1.96 bits per heavy atom. The monoisotopic (exact) mass is 390 g/mol. The molecule has 0 radical (unpaired) electrons. The number of hydrazine groups is 1. The molecular weight excluding hydrogens is 368 g/mol. The second-order valence-electron chi connectivity index (χ2n) is 7.03. The fourth-order valence-corrected chi connectivity index (χ4v) is 4.68. The summed E-state index contributed by atoms with van der Waals surface area (Å²) in [6, 6.07) is 24.1. The predicted octanol–water partition coefficient (Wildman–Crippen LogP) is 4.59. The molecule has 0 spiro atoms. The molecule has 4 rings (SSSR count). The Bertz CT molecular complexity index is 1100. The quantitative estimate of drug-likeness (QED) is 0.709. The van der Waals surface area contributed by atoms with E-state index < -0.39 is 16.1 Å². The number of aryl methyl sites for hydroxylation is 2. The SMILES string of the molecule is Cc1ccc(C2=C[C@H](c3ccc(C)cc3)N(S(=O)(=O)c3ccccc3)N2)cc1. The van der Waals surface area contributed by atoms with Crippen molar-refractivity contribution < 1.29 is 8.42 Å². The van der Waals surface area contributed by atoms with Crippen molar-refractivity contribution in [3.63, 3.8) is 0 Å². The summed E-state index contributed by atoms with van der Waals surface area (Å²) >= 11 is 0. The normalized spacial score (nSPS) is 17.2. The van der Waals surface area contributed by atoms with Crippen LogP contribution in [0.3, 0.4) is 0 Å². The third kappa shape index (κ3) is 3.46. The van der Waals surface area contributed by atoms with Crippen LogP contribution in [0, 0.1) is 13.8 Å². The maximum atomic E-state index is 13.3. The van der Waals surface area contributed by atoms with Crippen molar-refractivity contribution in [1.82, 2.24) is 9.84 Å². The average Bonchev–Trinajstić information content (AvgIpc) is 3.16. The topological polar surface area (TPSA) is 49.4 Å². The molecule has 0 saturated carbocycles. The van der Waals surface area contributed by atoms with Crippen LogP contribution in [-0.2, 0) is 10.0 Å². The number of hydrogen-bond acceptors (Lipinski definition) is 3. The molecule has 0 unspecified atom stereocenters. The zero-order valence-corrected chi connectivity index (χ0v) is 16.6. The van der Waals surface area contributed by atoms with E-state index in [-0.39, 0.29) is 4.90 Å². The van der Waals surface area contributed by atoms with Crippen molar-refractivity contribution in [3.05, 3.63) is 107 Å². The Morgan fingerprint density at radius 2 is 1.36 bits per heavy atom. The zero-order chi connectivity index (χ0) is 19.7. The standard InChI is InChI=1S/C23H22N2O2S/c1-17-8-12-19(13-9-17)22-16-23(20-14-10-18(2)11-15-20)25(24-22)28(26,27)21-6-4-3-5-7-21/h3-16,23-24H,1-2H3/t23-/m1/s1. The van der Waals surface area contributed by atoms with Gasteiger partial charge in [-0.25, -0.2) is 8.42 Å². The minimum atomic E-state index is -3.73. The molecule has 0 bridgehead atoms. The Kier molecular flexibility index (Phi) is 4.79. The van der Waals surface area contributed by atoms with Crippen LogP contribution in [0.25, 0.3) is 5.70 Å². The van der Waals surface area contributed by atoms with Crippen molar-refractivity contribution in [2.45, 2.75) is 24.8 Å². The number of hydrogen-bond donors (Lipinski definition) is 1. The van der Waals surface area contributed by atoms with Gasteiger partial charge in [-0.1, -0.05) is 77.9 Å². The van der Waals surface area contributed by atoms with Crippen molar-refractivity contribution in [2.75, 3.05) is 0 Å². The summed E-state index contributed by atoms with van der Waals surface area (Å²) in [4.78, 5) is 0.262. The molecule has 1 heterocycles. The molecular formula is C23H22N2O2S. The Balaban J connectivity index is 1.78. The largest absolute Gasteiger partial charge is 0.304 e. The third-order valence-corrected chi connectivity index (χ3v) is 6.59. The summed E-state index contributed by atoms with van der Waals surface area (Å²) in [7, 11) is -3.73. The number of benzene rings is 3. The van der Waals surface area contributed by atoms with Crippen LogP contribution in [0.5, 0.6) is 0 Å². The van der Waals surface area contributed by atoms with Gasteiger partial charge < -0.3 is 5.43 Å². The highest BCUT2D eigenvalue weighted by atomic mass is 32.2. The number of nitrogens with zero attached hydrogens (tertiary/aromatic N) is 1. The van der Waals surface area contributed by atoms with Crippen LogP contribution in [0.4, 0.5) is 0 Å². The molecule has 142 valence electrons. The van der Waals surface area contributed by atoms with Crippen molar-refractivity contribution in [1.29, 1.82) is 0 Å². The van der Waals surface area contributed by atoms with Crippen molar-refractivity contribution in [2.24, 2.45) is 0 Å². The third-order valence-electron chi connectivity index (χ3n) is 4.89. The molecule has 1 aliphatic rings. The summed E-state index contributed by atoms with van der Waals surface area (Å²) in [6.45, 7) is 4.05. The summed E-state index contributed by atoms with van der Waals surface area (Å²) in [5, 5.41) is 0. The molecule has 0 saturated heterocycles. The Hall–Kier alpha value is -2.89. The van der Waals surface area contributed by atoms with Gasteiger partial charge in [0.05, 0.1) is 16.6 Å². The minimum Gasteiger partial charge on any atom is -0.304 e. The summed E-state index contributed by atoms with van der Waals surface area (Å²) in [6.07, 6.45) is 1.97. The fourth-order valence-electron chi connectivity index (χ4n) is 3.26. The van der Waals surface area contributed by atoms with Crippen LogP contribution in [0.1, 0.15) is 28.3 Å². The van der Waals surface area contributed by atoms with Crippen LogP contribution >= 0.6 is 0 Å². The lowest BCUT2D eigenvalue weighted by molar-refractivity contribution is 0.348. The minimum absolute atomic E-state index is 0.262. The molecule has 0 amide bonds. The molecule has 3 aromatic rings. The van der Waals surface area contributed by atoms with Crippen LogP contribution in [0.15, 0.2) is 89.8 Å². The molecule has 1 aliphatic heterocycles. The highest BCUT2D eigenvalue weighted by molar-refractivity contribution is 7.89. The number of nitrogens with one attached hydrogen (secondary N) is 1. The average molecular weight is 391 g/mol. The molecule has 5 heteroatoms. The summed E-state index contributed by atoms with van der Waals surface area (Å²) < 4.78 is 28.0. The van der Waals surface area contributed by atoms with E-state index in [1.807, 2.05) is 74.5 Å². The van der Waals surface area contributed by atoms with Gasteiger partial charge in [0, 0.05) is 0 Å². The van der Waals surface area contributed by atoms with Gasteiger partial charge >= 0.3 is 0 Å². The molecule has 28 heavy (non-hydrogen) atoms. The second-order valence-corrected chi connectivity index (χ2v) is 8.84. The fraction of sp³-hybridized carbons (Fsp3) is 0.130. The van der Waals surface area contributed by atoms with E-state index >= 15 is 0 Å². The first kappa shape index (κ1) is 18.5. The lowest BCUT2D eigenvalue weighted by Gasteiger charge is -2.25. The van der Waals surface area contributed by atoms with E-state index in [1.54, 1.807) is 24.3 Å². The maximum absolute atomic E-state index is 13.3. The van der Waals surface area contributed by atoms with Crippen LogP contribution in [0.2, 0.25) is 0 Å². The van der Waals surface area contributed by atoms with Gasteiger partial charge in [-0.3, -0.25) is 0 Å². The van der Waals surface area contributed by atoms with E-state index in [0.717, 1.165) is 28.0 Å². The second kappa shape index (κ2) is 7.26. The van der Waals surface area contributed by atoms with Gasteiger partial charge in [-0.15, -0.1) is 4.41 Å². The zero-order valence-electron chi connectivity index (χ0n) is 15.8. The number of rotatable bonds is 4. The highest BCUT2D eigenvalue weighted by Crippen LogP contribution is 2.35. The highest BCUT2D eigenvalue weighted by Gasteiger charge is 2.36. The first-order chi connectivity index (χ1) is 13.4. The molecule has 4 nitrogen and oxygen atoms in total. The smallest absolute Gasteiger partial charge is 0.260 e. The first-order valence-electron chi connectivity index (χ1n) is 9.17. The summed E-state index contributed by atoms with van der Waals surface area (Å²) in [5.41, 5.74) is 8.08. The van der Waals surface area contributed by atoms with Gasteiger partial charge in [0.25, 0.3) is 10.0 Å². The molecule has 0 aliphatic carbocycles. The lowest BCUT2D eigenvalue weighted by Crippen LogP contribution is -2.39. The van der Waals surface area contributed by atoms with E-state index in [2.05, 4.69) is 5.43 Å². The molecule has 3 aromatic carbocycles. The molecule has 1 atom stereocenters. The van der Waals surface area contributed by atoms with Crippen molar-refractivity contribution in [3.8, 4) is 0 Å².